The number of rotatable bonds is 3. The first kappa shape index (κ1) is 21.3. The van der Waals surface area contributed by atoms with E-state index in [9.17, 15) is 8.42 Å². The molecule has 0 bridgehead atoms. The molecule has 1 aliphatic rings. The lowest BCUT2D eigenvalue weighted by Crippen LogP contribution is -2.57. The van der Waals surface area contributed by atoms with Crippen molar-refractivity contribution in [2.24, 2.45) is 4.99 Å². The molecule has 0 atom stereocenters. The lowest BCUT2D eigenvalue weighted by Gasteiger charge is -2.39. The van der Waals surface area contributed by atoms with Gasteiger partial charge in [-0.3, -0.25) is 0 Å². The maximum absolute atomic E-state index is 12.2. The van der Waals surface area contributed by atoms with E-state index in [1.54, 1.807) is 13.8 Å². The van der Waals surface area contributed by atoms with E-state index in [1.807, 2.05) is 31.7 Å². The van der Waals surface area contributed by atoms with E-state index >= 15 is 0 Å². The summed E-state index contributed by atoms with van der Waals surface area (Å²) in [6, 6.07) is 1.99. The van der Waals surface area contributed by atoms with Gasteiger partial charge in [0, 0.05) is 25.2 Å². The molecule has 1 aliphatic heterocycles. The molecule has 6 nitrogen and oxygen atoms in total. The highest BCUT2D eigenvalue weighted by Gasteiger charge is 2.40. The van der Waals surface area contributed by atoms with E-state index < -0.39 is 14.6 Å². The maximum atomic E-state index is 12.2. The van der Waals surface area contributed by atoms with E-state index in [-0.39, 0.29) is 29.7 Å². The summed E-state index contributed by atoms with van der Waals surface area (Å²) in [6.07, 6.45) is 0. The van der Waals surface area contributed by atoms with Crippen LogP contribution in [0.25, 0.3) is 0 Å². The highest BCUT2D eigenvalue weighted by atomic mass is 127. The number of hydrogen-bond donors (Lipinski definition) is 1. The van der Waals surface area contributed by atoms with E-state index in [0.29, 0.717) is 19.6 Å². The Hall–Kier alpha value is -0.770. The van der Waals surface area contributed by atoms with Crippen molar-refractivity contribution < 1.29 is 12.8 Å². The number of nitrogens with zero attached hydrogens (tertiary/aromatic N) is 2. The van der Waals surface area contributed by atoms with Gasteiger partial charge in [0.15, 0.2) is 15.8 Å². The van der Waals surface area contributed by atoms with Gasteiger partial charge >= 0.3 is 0 Å². The Morgan fingerprint density at radius 1 is 1.42 bits per heavy atom. The number of guanidine groups is 1. The van der Waals surface area contributed by atoms with Gasteiger partial charge in [-0.25, -0.2) is 13.4 Å². The van der Waals surface area contributed by atoms with Gasteiger partial charge in [-0.05, 0) is 40.7 Å². The summed E-state index contributed by atoms with van der Waals surface area (Å²) < 4.78 is 29.1. The van der Waals surface area contributed by atoms with E-state index in [2.05, 4.69) is 10.3 Å². The van der Waals surface area contributed by atoms with Gasteiger partial charge in [-0.2, -0.15) is 0 Å². The standard InChI is InChI=1S/C16H27N3O3S.HI/c1-6-17-15(18-10-14-9-12(2)22-13(14)3)19-7-8-23(20,21)16(4,5)11-19;/h9H,6-8,10-11H2,1-5H3,(H,17,18);1H. The van der Waals surface area contributed by atoms with Crippen LogP contribution in [0.1, 0.15) is 37.9 Å². The summed E-state index contributed by atoms with van der Waals surface area (Å²) in [7, 11) is -3.05. The van der Waals surface area contributed by atoms with Gasteiger partial charge in [0.2, 0.25) is 0 Å². The van der Waals surface area contributed by atoms with Crippen molar-refractivity contribution in [3.63, 3.8) is 0 Å². The summed E-state index contributed by atoms with van der Waals surface area (Å²) >= 11 is 0. The summed E-state index contributed by atoms with van der Waals surface area (Å²) in [5.41, 5.74) is 1.06. The fourth-order valence-electron chi connectivity index (χ4n) is 2.75. The lowest BCUT2D eigenvalue weighted by atomic mass is 10.2. The van der Waals surface area contributed by atoms with Crippen molar-refractivity contribution in [2.45, 2.75) is 45.9 Å². The first-order valence-corrected chi connectivity index (χ1v) is 9.63. The third kappa shape index (κ3) is 4.65. The highest BCUT2D eigenvalue weighted by molar-refractivity contribution is 14.0. The predicted molar refractivity (Wildman–Crippen MR) is 108 cm³/mol. The Bertz CT molecular complexity index is 695. The van der Waals surface area contributed by atoms with Crippen LogP contribution in [0.15, 0.2) is 15.5 Å². The largest absolute Gasteiger partial charge is 0.466 e. The fourth-order valence-corrected chi connectivity index (χ4v) is 4.12. The molecule has 0 aliphatic carbocycles. The number of aliphatic imine (C=N–C) groups is 1. The van der Waals surface area contributed by atoms with Crippen LogP contribution in [0.3, 0.4) is 0 Å². The smallest absolute Gasteiger partial charge is 0.194 e. The topological polar surface area (TPSA) is 74.9 Å². The average molecular weight is 469 g/mol. The zero-order valence-corrected chi connectivity index (χ0v) is 18.2. The quantitative estimate of drug-likeness (QED) is 0.419. The molecule has 0 aromatic carbocycles. The SMILES string of the molecule is CCNC(=NCc1cc(C)oc1C)N1CCS(=O)(=O)C(C)(C)C1.I. The second-order valence-corrected chi connectivity index (χ2v) is 9.35. The number of nitrogens with one attached hydrogen (secondary N) is 1. The van der Waals surface area contributed by atoms with Crippen LogP contribution in [0.2, 0.25) is 0 Å². The number of furan rings is 1. The van der Waals surface area contributed by atoms with Crippen LogP contribution in [0.4, 0.5) is 0 Å². The maximum Gasteiger partial charge on any atom is 0.194 e. The third-order valence-electron chi connectivity index (χ3n) is 4.22. The summed E-state index contributed by atoms with van der Waals surface area (Å²) in [5, 5.41) is 3.26. The Morgan fingerprint density at radius 3 is 2.58 bits per heavy atom. The Labute approximate surface area is 162 Å². The average Bonchev–Trinajstić information content (AvgIpc) is 2.76. The molecule has 0 radical (unpaired) electrons. The molecule has 0 spiro atoms. The van der Waals surface area contributed by atoms with Gasteiger partial charge in [-0.1, -0.05) is 0 Å². The number of hydrogen-bond acceptors (Lipinski definition) is 4. The number of aryl methyl sites for hydroxylation is 2. The first-order valence-electron chi connectivity index (χ1n) is 7.98. The molecule has 0 unspecified atom stereocenters. The van der Waals surface area contributed by atoms with Crippen molar-refractivity contribution in [1.29, 1.82) is 0 Å². The van der Waals surface area contributed by atoms with Crippen LogP contribution in [0.5, 0.6) is 0 Å². The first-order chi connectivity index (χ1) is 10.7. The van der Waals surface area contributed by atoms with Gasteiger partial charge in [-0.15, -0.1) is 24.0 Å². The van der Waals surface area contributed by atoms with E-state index in [4.69, 9.17) is 4.42 Å². The molecule has 24 heavy (non-hydrogen) atoms. The van der Waals surface area contributed by atoms with Crippen LogP contribution < -0.4 is 5.32 Å². The zero-order valence-electron chi connectivity index (χ0n) is 15.0. The lowest BCUT2D eigenvalue weighted by molar-refractivity contribution is 0.353. The summed E-state index contributed by atoms with van der Waals surface area (Å²) in [5.74, 6) is 2.68. The Balaban J connectivity index is 0.00000288. The molecule has 1 saturated heterocycles. The summed E-state index contributed by atoms with van der Waals surface area (Å²) in [6.45, 7) is 11.6. The molecular formula is C16H28IN3O3S. The van der Waals surface area contributed by atoms with Crippen LogP contribution in [-0.2, 0) is 16.4 Å². The fraction of sp³-hybridized carbons (Fsp3) is 0.688. The van der Waals surface area contributed by atoms with Crippen molar-refractivity contribution in [3.8, 4) is 0 Å². The molecule has 2 heterocycles. The zero-order chi connectivity index (χ0) is 17.3. The minimum Gasteiger partial charge on any atom is -0.466 e. The van der Waals surface area contributed by atoms with Crippen molar-refractivity contribution >= 4 is 39.8 Å². The minimum atomic E-state index is -3.05. The van der Waals surface area contributed by atoms with E-state index in [0.717, 1.165) is 29.6 Å². The number of halogens is 1. The van der Waals surface area contributed by atoms with E-state index in [1.165, 1.54) is 0 Å². The monoisotopic (exact) mass is 469 g/mol. The second kappa shape index (κ2) is 8.07. The molecule has 2 rings (SSSR count). The molecule has 0 amide bonds. The minimum absolute atomic E-state index is 0. The predicted octanol–water partition coefficient (Wildman–Crippen LogP) is 2.49. The second-order valence-electron chi connectivity index (χ2n) is 6.61. The van der Waals surface area contributed by atoms with Crippen molar-refractivity contribution in [3.05, 3.63) is 23.2 Å². The van der Waals surface area contributed by atoms with Crippen LogP contribution in [-0.4, -0.2) is 49.4 Å². The molecule has 1 N–H and O–H groups in total. The van der Waals surface area contributed by atoms with Crippen molar-refractivity contribution in [2.75, 3.05) is 25.4 Å². The van der Waals surface area contributed by atoms with Crippen molar-refractivity contribution in [1.82, 2.24) is 10.2 Å². The third-order valence-corrected chi connectivity index (χ3v) is 6.75. The normalized spacial score (nSPS) is 19.7. The molecule has 138 valence electrons. The van der Waals surface area contributed by atoms with Gasteiger partial charge < -0.3 is 14.6 Å². The van der Waals surface area contributed by atoms with Gasteiger partial charge in [0.25, 0.3) is 0 Å². The molecule has 0 saturated carbocycles. The molecule has 8 heteroatoms. The van der Waals surface area contributed by atoms with Crippen LogP contribution in [0, 0.1) is 13.8 Å². The number of sulfone groups is 1. The highest BCUT2D eigenvalue weighted by Crippen LogP contribution is 2.24. The molecule has 1 aromatic rings. The molecular weight excluding hydrogens is 441 g/mol. The molecule has 1 fully saturated rings. The van der Waals surface area contributed by atoms with Gasteiger partial charge in [0.05, 0.1) is 17.0 Å². The Morgan fingerprint density at radius 2 is 2.08 bits per heavy atom. The Kier molecular flexibility index (Phi) is 7.16. The van der Waals surface area contributed by atoms with Crippen LogP contribution >= 0.6 is 24.0 Å². The molecule has 1 aromatic heterocycles. The van der Waals surface area contributed by atoms with Gasteiger partial charge in [0.1, 0.15) is 11.5 Å². The summed E-state index contributed by atoms with van der Waals surface area (Å²) in [4.78, 5) is 6.71.